The number of aryl methyl sites for hydroxylation is 1. The van der Waals surface area contributed by atoms with Crippen LogP contribution in [-0.4, -0.2) is 24.0 Å². The van der Waals surface area contributed by atoms with Gasteiger partial charge in [-0.1, -0.05) is 23.5 Å². The number of esters is 1. The summed E-state index contributed by atoms with van der Waals surface area (Å²) in [5.74, 6) is -0.790. The summed E-state index contributed by atoms with van der Waals surface area (Å²) in [5.41, 5.74) is 2.70. The molecule has 1 amide bonds. The van der Waals surface area contributed by atoms with E-state index in [9.17, 15) is 9.59 Å². The monoisotopic (exact) mass is 326 g/mol. The van der Waals surface area contributed by atoms with E-state index in [2.05, 4.69) is 15.0 Å². The van der Waals surface area contributed by atoms with E-state index in [4.69, 9.17) is 0 Å². The van der Waals surface area contributed by atoms with Crippen molar-refractivity contribution in [1.82, 2.24) is 4.98 Å². The Morgan fingerprint density at radius 1 is 1.13 bits per heavy atom. The number of benzene rings is 2. The minimum atomic E-state index is -0.477. The Bertz CT molecular complexity index is 902. The van der Waals surface area contributed by atoms with Crippen LogP contribution in [0.3, 0.4) is 0 Å². The minimum Gasteiger partial charge on any atom is -0.465 e. The third-order valence-corrected chi connectivity index (χ3v) is 4.24. The van der Waals surface area contributed by atoms with Crippen LogP contribution in [0.4, 0.5) is 5.13 Å². The Morgan fingerprint density at radius 2 is 1.91 bits per heavy atom. The van der Waals surface area contributed by atoms with Crippen LogP contribution in [0.5, 0.6) is 0 Å². The van der Waals surface area contributed by atoms with E-state index in [1.54, 1.807) is 18.2 Å². The van der Waals surface area contributed by atoms with Gasteiger partial charge in [-0.25, -0.2) is 9.78 Å². The number of nitrogens with one attached hydrogen (secondary N) is 1. The molecule has 0 unspecified atom stereocenters. The standard InChI is InChI=1S/C17H14N2O3S/c1-10-6-7-13-14(8-10)23-17(18-13)19-15(20)11-4-3-5-12(9-11)16(21)22-2/h3-9H,1-2H3,(H,18,19,20). The molecule has 0 aliphatic carbocycles. The Balaban J connectivity index is 1.84. The molecular formula is C17H14N2O3S. The van der Waals surface area contributed by atoms with Gasteiger partial charge >= 0.3 is 5.97 Å². The number of thiazole rings is 1. The Kier molecular flexibility index (Phi) is 4.08. The van der Waals surface area contributed by atoms with E-state index in [0.29, 0.717) is 16.3 Å². The van der Waals surface area contributed by atoms with Gasteiger partial charge in [-0.15, -0.1) is 0 Å². The molecule has 2 aromatic carbocycles. The maximum absolute atomic E-state index is 12.3. The van der Waals surface area contributed by atoms with Gasteiger partial charge in [-0.3, -0.25) is 10.1 Å². The average Bonchev–Trinajstić information content (AvgIpc) is 2.95. The van der Waals surface area contributed by atoms with Crippen molar-refractivity contribution >= 4 is 38.6 Å². The number of fused-ring (bicyclic) bond motifs is 1. The van der Waals surface area contributed by atoms with Crippen molar-refractivity contribution in [1.29, 1.82) is 0 Å². The molecule has 6 heteroatoms. The second kappa shape index (κ2) is 6.18. The normalized spacial score (nSPS) is 10.5. The maximum atomic E-state index is 12.3. The van der Waals surface area contributed by atoms with E-state index in [0.717, 1.165) is 15.8 Å². The molecule has 5 nitrogen and oxygen atoms in total. The van der Waals surface area contributed by atoms with Crippen molar-refractivity contribution in [3.63, 3.8) is 0 Å². The molecule has 0 spiro atoms. The van der Waals surface area contributed by atoms with Gasteiger partial charge in [0.1, 0.15) is 0 Å². The minimum absolute atomic E-state index is 0.313. The quantitative estimate of drug-likeness (QED) is 0.746. The Hall–Kier alpha value is -2.73. The molecule has 0 radical (unpaired) electrons. The zero-order valence-electron chi connectivity index (χ0n) is 12.6. The summed E-state index contributed by atoms with van der Waals surface area (Å²) in [4.78, 5) is 28.2. The van der Waals surface area contributed by atoms with E-state index in [1.807, 2.05) is 25.1 Å². The molecular weight excluding hydrogens is 312 g/mol. The molecule has 3 aromatic rings. The van der Waals surface area contributed by atoms with Gasteiger partial charge in [0, 0.05) is 5.56 Å². The molecule has 0 saturated heterocycles. The van der Waals surface area contributed by atoms with Crippen LogP contribution in [0.15, 0.2) is 42.5 Å². The van der Waals surface area contributed by atoms with Crippen LogP contribution in [0.2, 0.25) is 0 Å². The topological polar surface area (TPSA) is 68.3 Å². The number of hydrogen-bond donors (Lipinski definition) is 1. The molecule has 116 valence electrons. The van der Waals surface area contributed by atoms with Gasteiger partial charge < -0.3 is 4.74 Å². The van der Waals surface area contributed by atoms with Gasteiger partial charge in [0.2, 0.25) is 0 Å². The highest BCUT2D eigenvalue weighted by molar-refractivity contribution is 7.22. The van der Waals surface area contributed by atoms with Crippen LogP contribution in [-0.2, 0) is 4.74 Å². The van der Waals surface area contributed by atoms with Crippen molar-refractivity contribution in [3.8, 4) is 0 Å². The van der Waals surface area contributed by atoms with Crippen LogP contribution in [0.25, 0.3) is 10.2 Å². The highest BCUT2D eigenvalue weighted by atomic mass is 32.1. The van der Waals surface area contributed by atoms with Gasteiger partial charge in [-0.05, 0) is 42.8 Å². The van der Waals surface area contributed by atoms with Crippen molar-refractivity contribution in [2.75, 3.05) is 12.4 Å². The average molecular weight is 326 g/mol. The number of ether oxygens (including phenoxy) is 1. The molecule has 0 atom stereocenters. The molecule has 0 saturated carbocycles. The summed E-state index contributed by atoms with van der Waals surface area (Å²) < 4.78 is 5.68. The van der Waals surface area contributed by atoms with Crippen LogP contribution < -0.4 is 5.32 Å². The summed E-state index contributed by atoms with van der Waals surface area (Å²) >= 11 is 1.41. The first-order chi connectivity index (χ1) is 11.1. The molecule has 3 rings (SSSR count). The lowest BCUT2D eigenvalue weighted by molar-refractivity contribution is 0.0600. The van der Waals surface area contributed by atoms with E-state index >= 15 is 0 Å². The highest BCUT2D eigenvalue weighted by Crippen LogP contribution is 2.27. The van der Waals surface area contributed by atoms with Crippen LogP contribution in [0, 0.1) is 6.92 Å². The van der Waals surface area contributed by atoms with Gasteiger partial charge in [0.25, 0.3) is 5.91 Å². The van der Waals surface area contributed by atoms with Crippen LogP contribution in [0.1, 0.15) is 26.3 Å². The number of methoxy groups -OCH3 is 1. The fourth-order valence-electron chi connectivity index (χ4n) is 2.16. The lowest BCUT2D eigenvalue weighted by Gasteiger charge is -2.03. The van der Waals surface area contributed by atoms with Crippen molar-refractivity contribution in [2.45, 2.75) is 6.92 Å². The second-order valence-electron chi connectivity index (χ2n) is 5.02. The molecule has 1 aromatic heterocycles. The number of aromatic nitrogens is 1. The molecule has 23 heavy (non-hydrogen) atoms. The lowest BCUT2D eigenvalue weighted by Crippen LogP contribution is -2.12. The summed E-state index contributed by atoms with van der Waals surface area (Å²) in [6.45, 7) is 2.01. The lowest BCUT2D eigenvalue weighted by atomic mass is 10.1. The van der Waals surface area contributed by atoms with Crippen molar-refractivity contribution in [2.24, 2.45) is 0 Å². The first-order valence-corrected chi connectivity index (χ1v) is 7.75. The van der Waals surface area contributed by atoms with E-state index in [1.165, 1.54) is 24.5 Å². The number of amides is 1. The largest absolute Gasteiger partial charge is 0.465 e. The first-order valence-electron chi connectivity index (χ1n) is 6.94. The Labute approximate surface area is 136 Å². The number of anilines is 1. The SMILES string of the molecule is COC(=O)c1cccc(C(=O)Nc2nc3ccc(C)cc3s2)c1. The predicted molar refractivity (Wildman–Crippen MR) is 90.1 cm³/mol. The van der Waals surface area contributed by atoms with Gasteiger partial charge in [-0.2, -0.15) is 0 Å². The number of rotatable bonds is 3. The molecule has 0 fully saturated rings. The van der Waals surface area contributed by atoms with Crippen molar-refractivity contribution < 1.29 is 14.3 Å². The van der Waals surface area contributed by atoms with E-state index in [-0.39, 0.29) is 5.91 Å². The van der Waals surface area contributed by atoms with Crippen LogP contribution >= 0.6 is 11.3 Å². The maximum Gasteiger partial charge on any atom is 0.337 e. The van der Waals surface area contributed by atoms with Gasteiger partial charge in [0.05, 0.1) is 22.9 Å². The summed E-state index contributed by atoms with van der Waals surface area (Å²) in [5, 5.41) is 3.29. The summed E-state index contributed by atoms with van der Waals surface area (Å²) in [6.07, 6.45) is 0. The van der Waals surface area contributed by atoms with E-state index < -0.39 is 5.97 Å². The number of hydrogen-bond acceptors (Lipinski definition) is 5. The second-order valence-corrected chi connectivity index (χ2v) is 6.05. The number of carbonyl (C=O) groups excluding carboxylic acids is 2. The summed E-state index contributed by atoms with van der Waals surface area (Å²) in [6, 6.07) is 12.3. The summed E-state index contributed by atoms with van der Waals surface area (Å²) in [7, 11) is 1.30. The fourth-order valence-corrected chi connectivity index (χ4v) is 3.12. The first kappa shape index (κ1) is 15.2. The third-order valence-electron chi connectivity index (χ3n) is 3.31. The Morgan fingerprint density at radius 3 is 2.70 bits per heavy atom. The third kappa shape index (κ3) is 3.22. The molecule has 0 aliphatic heterocycles. The molecule has 1 heterocycles. The number of nitrogens with zero attached hydrogens (tertiary/aromatic N) is 1. The molecule has 1 N–H and O–H groups in total. The predicted octanol–water partition coefficient (Wildman–Crippen LogP) is 3.64. The molecule has 0 aliphatic rings. The van der Waals surface area contributed by atoms with Crippen molar-refractivity contribution in [3.05, 3.63) is 59.2 Å². The smallest absolute Gasteiger partial charge is 0.337 e. The number of carbonyl (C=O) groups is 2. The zero-order valence-corrected chi connectivity index (χ0v) is 13.4. The van der Waals surface area contributed by atoms with Gasteiger partial charge in [0.15, 0.2) is 5.13 Å². The zero-order chi connectivity index (χ0) is 16.4. The highest BCUT2D eigenvalue weighted by Gasteiger charge is 2.13. The fraction of sp³-hybridized carbons (Fsp3) is 0.118. The molecule has 0 bridgehead atoms.